The second kappa shape index (κ2) is 19.4. The topological polar surface area (TPSA) is 166 Å². The van der Waals surface area contributed by atoms with E-state index >= 15 is 0 Å². The number of hydrogen-bond donors (Lipinski definition) is 4. The molecule has 0 spiro atoms. The summed E-state index contributed by atoms with van der Waals surface area (Å²) in [5.41, 5.74) is 6.99. The SMILES string of the molecule is CC(C)CNC(=O)c1ccc(Cc2ccc(NC3=NCCN3OC(=O)C(=O)ON3CCN=C3Nc3ccc(Cc4ccc(C(=O)NCC(C)C)cc4)cc3)cc2)cc1. The number of carbonyl (C=O) groups is 4. The van der Waals surface area contributed by atoms with E-state index in [1.165, 1.54) is 10.1 Å². The molecule has 2 heterocycles. The van der Waals surface area contributed by atoms with Gasteiger partial charge in [0, 0.05) is 35.6 Å². The lowest BCUT2D eigenvalue weighted by molar-refractivity contribution is -0.198. The van der Waals surface area contributed by atoms with Crippen LogP contribution < -0.4 is 21.3 Å². The molecule has 2 aliphatic rings. The summed E-state index contributed by atoms with van der Waals surface area (Å²) in [4.78, 5) is 69.8. The fraction of sp³-hybridized carbons (Fsp3) is 0.318. The Labute approximate surface area is 338 Å². The first kappa shape index (κ1) is 40.9. The van der Waals surface area contributed by atoms with Gasteiger partial charge in [0.2, 0.25) is 11.9 Å². The van der Waals surface area contributed by atoms with Crippen LogP contribution in [0.5, 0.6) is 0 Å². The zero-order chi connectivity index (χ0) is 41.0. The van der Waals surface area contributed by atoms with E-state index in [-0.39, 0.29) is 36.8 Å². The third kappa shape index (κ3) is 11.7. The van der Waals surface area contributed by atoms with Crippen LogP contribution in [0.25, 0.3) is 0 Å². The number of hydrogen-bond acceptors (Lipinski definition) is 12. The molecule has 58 heavy (non-hydrogen) atoms. The highest BCUT2D eigenvalue weighted by atomic mass is 16.8. The Hall–Kier alpha value is -6.70. The zero-order valence-corrected chi connectivity index (χ0v) is 33.3. The number of nitrogens with one attached hydrogen (secondary N) is 4. The molecular weight excluding hydrogens is 737 g/mol. The van der Waals surface area contributed by atoms with Crippen LogP contribution in [0.2, 0.25) is 0 Å². The fourth-order valence-electron chi connectivity index (χ4n) is 6.01. The summed E-state index contributed by atoms with van der Waals surface area (Å²) in [6.45, 7) is 10.7. The smallest absolute Gasteiger partial charge is 0.352 e. The largest absolute Gasteiger partial charge is 0.444 e. The maximum atomic E-state index is 12.8. The average molecular weight is 787 g/mol. The number of guanidine groups is 2. The van der Waals surface area contributed by atoms with Crippen LogP contribution in [-0.4, -0.2) is 85.1 Å². The summed E-state index contributed by atoms with van der Waals surface area (Å²) in [5, 5.41) is 14.6. The number of benzene rings is 4. The third-order valence-electron chi connectivity index (χ3n) is 9.17. The van der Waals surface area contributed by atoms with Crippen LogP contribution in [-0.2, 0) is 32.1 Å². The summed E-state index contributed by atoms with van der Waals surface area (Å²) in [6.07, 6.45) is 1.37. The third-order valence-corrected chi connectivity index (χ3v) is 9.17. The van der Waals surface area contributed by atoms with Gasteiger partial charge in [0.15, 0.2) is 0 Å². The molecule has 0 atom stereocenters. The highest BCUT2D eigenvalue weighted by Gasteiger charge is 2.31. The molecule has 0 fully saturated rings. The number of rotatable bonds is 14. The zero-order valence-electron chi connectivity index (χ0n) is 33.3. The summed E-state index contributed by atoms with van der Waals surface area (Å²) in [6, 6.07) is 30.6. The predicted octanol–water partition coefficient (Wildman–Crippen LogP) is 5.42. The van der Waals surface area contributed by atoms with Crippen molar-refractivity contribution in [3.05, 3.63) is 130 Å². The van der Waals surface area contributed by atoms with Gasteiger partial charge in [-0.2, -0.15) is 10.1 Å². The maximum Gasteiger partial charge on any atom is 0.444 e. The lowest BCUT2D eigenvalue weighted by atomic mass is 10.0. The van der Waals surface area contributed by atoms with E-state index in [1.807, 2.05) is 97.1 Å². The van der Waals surface area contributed by atoms with E-state index in [9.17, 15) is 19.2 Å². The normalized spacial score (nSPS) is 13.6. The summed E-state index contributed by atoms with van der Waals surface area (Å²) < 4.78 is 0. The van der Waals surface area contributed by atoms with E-state index in [1.54, 1.807) is 0 Å². The van der Waals surface area contributed by atoms with Crippen LogP contribution in [0.3, 0.4) is 0 Å². The van der Waals surface area contributed by atoms with Gasteiger partial charge in [-0.05, 0) is 95.5 Å². The Kier molecular flexibility index (Phi) is 13.7. The van der Waals surface area contributed by atoms with Crippen molar-refractivity contribution >= 4 is 47.0 Å². The van der Waals surface area contributed by atoms with E-state index in [0.29, 0.717) is 62.0 Å². The molecule has 4 aromatic carbocycles. The van der Waals surface area contributed by atoms with Crippen molar-refractivity contribution in [2.45, 2.75) is 40.5 Å². The van der Waals surface area contributed by atoms with Gasteiger partial charge in [0.1, 0.15) is 0 Å². The quantitative estimate of drug-likeness (QED) is 0.121. The Morgan fingerprint density at radius 1 is 0.534 bits per heavy atom. The first-order chi connectivity index (χ1) is 28.0. The molecule has 6 rings (SSSR count). The van der Waals surface area contributed by atoms with Crippen LogP contribution in [0.15, 0.2) is 107 Å². The molecule has 0 unspecified atom stereocenters. The Balaban J connectivity index is 0.938. The van der Waals surface area contributed by atoms with Gasteiger partial charge in [-0.3, -0.25) is 9.59 Å². The van der Waals surface area contributed by atoms with Crippen LogP contribution in [0, 0.1) is 11.8 Å². The summed E-state index contributed by atoms with van der Waals surface area (Å²) in [7, 11) is 0. The van der Waals surface area contributed by atoms with Crippen LogP contribution in [0.1, 0.15) is 70.7 Å². The molecule has 0 saturated heterocycles. The Morgan fingerprint density at radius 3 is 1.19 bits per heavy atom. The summed E-state index contributed by atoms with van der Waals surface area (Å²) >= 11 is 0. The van der Waals surface area contributed by atoms with Crippen LogP contribution >= 0.6 is 0 Å². The van der Waals surface area contributed by atoms with Gasteiger partial charge < -0.3 is 30.9 Å². The van der Waals surface area contributed by atoms with E-state index in [0.717, 1.165) is 33.6 Å². The Morgan fingerprint density at radius 2 is 0.862 bits per heavy atom. The monoisotopic (exact) mass is 786 g/mol. The second-order valence-electron chi connectivity index (χ2n) is 15.0. The first-order valence-corrected chi connectivity index (χ1v) is 19.5. The predicted molar refractivity (Wildman–Crippen MR) is 223 cm³/mol. The number of amides is 2. The molecule has 0 bridgehead atoms. The van der Waals surface area contributed by atoms with Crippen molar-refractivity contribution in [3.63, 3.8) is 0 Å². The van der Waals surface area contributed by atoms with Gasteiger partial charge in [0.25, 0.3) is 11.8 Å². The number of hydroxylamine groups is 4. The molecule has 2 amide bonds. The van der Waals surface area contributed by atoms with Gasteiger partial charge in [-0.15, -0.1) is 0 Å². The summed E-state index contributed by atoms with van der Waals surface area (Å²) in [5.74, 6) is -1.21. The molecule has 0 aromatic heterocycles. The number of nitrogens with zero attached hydrogens (tertiary/aromatic N) is 4. The minimum absolute atomic E-state index is 0.0783. The van der Waals surface area contributed by atoms with Crippen molar-refractivity contribution in [1.29, 1.82) is 0 Å². The molecule has 0 aliphatic carbocycles. The number of carbonyl (C=O) groups excluding carboxylic acids is 4. The molecule has 4 aromatic rings. The second-order valence-corrected chi connectivity index (χ2v) is 15.0. The number of aliphatic imine (C=N–C) groups is 2. The van der Waals surface area contributed by atoms with E-state index in [2.05, 4.69) is 58.9 Å². The highest BCUT2D eigenvalue weighted by molar-refractivity contribution is 6.30. The number of anilines is 2. The van der Waals surface area contributed by atoms with Gasteiger partial charge in [0.05, 0.1) is 26.2 Å². The minimum atomic E-state index is -1.20. The maximum absolute atomic E-state index is 12.8. The molecule has 302 valence electrons. The molecular formula is C44H50N8O6. The molecule has 4 N–H and O–H groups in total. The molecule has 2 aliphatic heterocycles. The standard InChI is InChI=1S/C44H50N8O6/c1-29(2)27-47-39(53)35-13-5-31(6-14-35)25-33-9-17-37(18-10-33)49-43-45-21-23-51(43)57-41(55)42(56)58-52-24-22-46-44(52)50-38-19-11-34(12-20-38)26-32-7-15-36(16-8-32)40(54)48-28-30(3)4/h5-20,29-30H,21-28H2,1-4H3,(H,45,49)(H,46,50)(H,47,53)(H,48,54). The van der Waals surface area contributed by atoms with E-state index < -0.39 is 11.9 Å². The van der Waals surface area contributed by atoms with Crippen molar-refractivity contribution in [2.24, 2.45) is 21.8 Å². The van der Waals surface area contributed by atoms with Crippen molar-refractivity contribution < 1.29 is 28.9 Å². The fourth-order valence-corrected chi connectivity index (χ4v) is 6.01. The minimum Gasteiger partial charge on any atom is -0.352 e. The van der Waals surface area contributed by atoms with Gasteiger partial charge in [-0.1, -0.05) is 76.2 Å². The first-order valence-electron chi connectivity index (χ1n) is 19.5. The van der Waals surface area contributed by atoms with Crippen LogP contribution in [0.4, 0.5) is 11.4 Å². The molecule has 0 saturated carbocycles. The molecule has 14 heteroatoms. The van der Waals surface area contributed by atoms with Crippen molar-refractivity contribution in [1.82, 2.24) is 20.8 Å². The van der Waals surface area contributed by atoms with Crippen molar-refractivity contribution in [2.75, 3.05) is 49.9 Å². The lowest BCUT2D eigenvalue weighted by Gasteiger charge is -2.21. The van der Waals surface area contributed by atoms with Gasteiger partial charge in [-0.25, -0.2) is 19.6 Å². The molecule has 0 radical (unpaired) electrons. The average Bonchev–Trinajstić information content (AvgIpc) is 3.86. The van der Waals surface area contributed by atoms with E-state index in [4.69, 9.17) is 9.68 Å². The Bertz CT molecular complexity index is 1960. The molecule has 14 nitrogen and oxygen atoms in total. The lowest BCUT2D eigenvalue weighted by Crippen LogP contribution is -2.41. The highest BCUT2D eigenvalue weighted by Crippen LogP contribution is 2.19. The van der Waals surface area contributed by atoms with Gasteiger partial charge >= 0.3 is 11.9 Å². The van der Waals surface area contributed by atoms with Crippen molar-refractivity contribution in [3.8, 4) is 0 Å².